The number of carbonyl (C=O) groups excluding carboxylic acids is 1. The Kier molecular flexibility index (Phi) is 6.12. The van der Waals surface area contributed by atoms with E-state index in [1.807, 2.05) is 7.05 Å². The Morgan fingerprint density at radius 2 is 2.00 bits per heavy atom. The molecule has 0 amide bonds. The topological polar surface area (TPSA) is 23.6 Å². The van der Waals surface area contributed by atoms with Crippen LogP contribution in [0.3, 0.4) is 0 Å². The molecular weight excluding hydrogens is 256 g/mol. The zero-order valence-electron chi connectivity index (χ0n) is 10.6. The number of Topliss-reactive ketones (excluding diaryl/α,β-unsaturated/α-hetero) is 1. The van der Waals surface area contributed by atoms with Gasteiger partial charge in [0.2, 0.25) is 0 Å². The summed E-state index contributed by atoms with van der Waals surface area (Å²) in [6.07, 6.45) is 1.07. The lowest BCUT2D eigenvalue weighted by Gasteiger charge is -2.16. The maximum absolute atomic E-state index is 11.9. The van der Waals surface area contributed by atoms with Gasteiger partial charge in [0.05, 0.1) is 15.8 Å². The minimum atomic E-state index is 0.147. The van der Waals surface area contributed by atoms with Gasteiger partial charge in [-0.15, -0.1) is 11.3 Å². The van der Waals surface area contributed by atoms with Crippen LogP contribution in [0.4, 0.5) is 0 Å². The van der Waals surface area contributed by atoms with E-state index < -0.39 is 0 Å². The third-order valence-electron chi connectivity index (χ3n) is 2.41. The number of carbonyl (C=O) groups is 1. The summed E-state index contributed by atoms with van der Waals surface area (Å²) < 4.78 is 0.670. The van der Waals surface area contributed by atoms with Gasteiger partial charge in [-0.2, -0.15) is 0 Å². The van der Waals surface area contributed by atoms with E-state index in [1.165, 1.54) is 11.3 Å². The van der Waals surface area contributed by atoms with Crippen molar-refractivity contribution in [2.24, 2.45) is 0 Å². The number of nitrogens with zero attached hydrogens (tertiary/aromatic N) is 2. The van der Waals surface area contributed by atoms with Gasteiger partial charge in [0.15, 0.2) is 5.78 Å². The fraction of sp³-hybridized carbons (Fsp3) is 0.583. The lowest BCUT2D eigenvalue weighted by atomic mass is 10.3. The first-order chi connectivity index (χ1) is 7.99. The Hall–Kier alpha value is -0.420. The summed E-state index contributed by atoms with van der Waals surface area (Å²) in [5, 5.41) is 0. The average molecular weight is 275 g/mol. The minimum absolute atomic E-state index is 0.147. The number of rotatable bonds is 7. The molecule has 5 heteroatoms. The van der Waals surface area contributed by atoms with Crippen LogP contribution in [0.25, 0.3) is 0 Å². The number of hydrogen-bond acceptors (Lipinski definition) is 4. The minimum Gasteiger partial charge on any atom is -0.309 e. The van der Waals surface area contributed by atoms with Crippen molar-refractivity contribution >= 4 is 28.7 Å². The maximum atomic E-state index is 11.9. The molecule has 3 nitrogen and oxygen atoms in total. The summed E-state index contributed by atoms with van der Waals surface area (Å²) >= 11 is 7.15. The molecule has 0 radical (unpaired) electrons. The molecule has 0 N–H and O–H groups in total. The van der Waals surface area contributed by atoms with Gasteiger partial charge >= 0.3 is 0 Å². The molecule has 17 heavy (non-hydrogen) atoms. The number of thiophene rings is 1. The molecule has 0 atom stereocenters. The van der Waals surface area contributed by atoms with E-state index in [2.05, 4.69) is 23.9 Å². The molecule has 0 saturated heterocycles. The quantitative estimate of drug-likeness (QED) is 0.714. The predicted molar refractivity (Wildman–Crippen MR) is 74.3 cm³/mol. The average Bonchev–Trinajstić information content (AvgIpc) is 2.64. The molecule has 1 aromatic rings. The summed E-state index contributed by atoms with van der Waals surface area (Å²) in [4.78, 5) is 16.8. The summed E-state index contributed by atoms with van der Waals surface area (Å²) in [5.74, 6) is 0.147. The Bertz CT molecular complexity index is 365. The Morgan fingerprint density at radius 3 is 2.53 bits per heavy atom. The Morgan fingerprint density at radius 1 is 1.29 bits per heavy atom. The largest absolute Gasteiger partial charge is 0.309 e. The number of likely N-dealkylation sites (N-methyl/N-ethyl adjacent to an activating group) is 1. The molecule has 0 aliphatic rings. The lowest BCUT2D eigenvalue weighted by Crippen LogP contribution is -2.28. The molecule has 0 unspecified atom stereocenters. The first-order valence-corrected chi connectivity index (χ1v) is 6.80. The van der Waals surface area contributed by atoms with Crippen molar-refractivity contribution in [1.29, 1.82) is 0 Å². The Labute approximate surface area is 112 Å². The van der Waals surface area contributed by atoms with Crippen LogP contribution in [0.15, 0.2) is 12.1 Å². The Balaban J connectivity index is 2.31. The highest BCUT2D eigenvalue weighted by molar-refractivity contribution is 7.18. The zero-order chi connectivity index (χ0) is 12.8. The second-order valence-corrected chi connectivity index (χ2v) is 6.14. The van der Waals surface area contributed by atoms with E-state index in [0.717, 1.165) is 24.4 Å². The van der Waals surface area contributed by atoms with Crippen molar-refractivity contribution in [3.8, 4) is 0 Å². The normalized spacial score (nSPS) is 11.4. The van der Waals surface area contributed by atoms with Crippen LogP contribution in [0, 0.1) is 0 Å². The molecular formula is C12H19ClN2OS. The van der Waals surface area contributed by atoms with Gasteiger partial charge in [-0.1, -0.05) is 11.6 Å². The maximum Gasteiger partial charge on any atom is 0.186 e. The van der Waals surface area contributed by atoms with E-state index in [-0.39, 0.29) is 5.78 Å². The van der Waals surface area contributed by atoms with Crippen LogP contribution in [-0.4, -0.2) is 56.4 Å². The van der Waals surface area contributed by atoms with Crippen LogP contribution in [0.1, 0.15) is 16.1 Å². The smallest absolute Gasteiger partial charge is 0.186 e. The van der Waals surface area contributed by atoms with Crippen molar-refractivity contribution in [2.45, 2.75) is 6.42 Å². The number of halogens is 1. The molecule has 0 spiro atoms. The van der Waals surface area contributed by atoms with E-state index in [1.54, 1.807) is 12.1 Å². The van der Waals surface area contributed by atoms with Crippen LogP contribution in [0.5, 0.6) is 0 Å². The number of ketones is 1. The van der Waals surface area contributed by atoms with Crippen LogP contribution in [-0.2, 0) is 0 Å². The van der Waals surface area contributed by atoms with Gasteiger partial charge in [0.1, 0.15) is 0 Å². The first kappa shape index (κ1) is 14.6. The van der Waals surface area contributed by atoms with Gasteiger partial charge in [-0.05, 0) is 52.8 Å². The molecule has 0 saturated carbocycles. The summed E-state index contributed by atoms with van der Waals surface area (Å²) in [7, 11) is 6.08. The van der Waals surface area contributed by atoms with Crippen LogP contribution < -0.4 is 0 Å². The highest BCUT2D eigenvalue weighted by Crippen LogP contribution is 2.21. The number of hydrogen-bond donors (Lipinski definition) is 0. The van der Waals surface area contributed by atoms with Gasteiger partial charge in [-0.3, -0.25) is 9.69 Å². The fourth-order valence-electron chi connectivity index (χ4n) is 1.52. The van der Waals surface area contributed by atoms with Gasteiger partial charge in [-0.25, -0.2) is 0 Å². The summed E-state index contributed by atoms with van der Waals surface area (Å²) in [6, 6.07) is 3.56. The lowest BCUT2D eigenvalue weighted by molar-refractivity contribution is 0.0948. The van der Waals surface area contributed by atoms with Crippen molar-refractivity contribution in [3.05, 3.63) is 21.3 Å². The van der Waals surface area contributed by atoms with Crippen LogP contribution in [0.2, 0.25) is 4.34 Å². The van der Waals surface area contributed by atoms with E-state index in [4.69, 9.17) is 11.6 Å². The van der Waals surface area contributed by atoms with Gasteiger partial charge in [0.25, 0.3) is 0 Å². The molecule has 0 aliphatic heterocycles. The first-order valence-electron chi connectivity index (χ1n) is 5.61. The monoisotopic (exact) mass is 274 g/mol. The molecule has 1 rings (SSSR count). The molecule has 0 aliphatic carbocycles. The molecule has 0 aromatic carbocycles. The van der Waals surface area contributed by atoms with Crippen molar-refractivity contribution in [1.82, 2.24) is 9.80 Å². The second-order valence-electron chi connectivity index (χ2n) is 4.42. The zero-order valence-corrected chi connectivity index (χ0v) is 12.1. The SMILES string of the molecule is CN(C)CCCN(C)CC(=O)c1ccc(Cl)s1. The molecule has 96 valence electrons. The van der Waals surface area contributed by atoms with E-state index >= 15 is 0 Å². The van der Waals surface area contributed by atoms with Crippen molar-refractivity contribution in [3.63, 3.8) is 0 Å². The standard InChI is InChI=1S/C12H19ClN2OS/c1-14(2)7-4-8-15(3)9-10(16)11-5-6-12(13)17-11/h5-6H,4,7-9H2,1-3H3. The predicted octanol–water partition coefficient (Wildman–Crippen LogP) is 2.47. The molecule has 0 bridgehead atoms. The van der Waals surface area contributed by atoms with Gasteiger partial charge in [0, 0.05) is 0 Å². The molecule has 1 aromatic heterocycles. The van der Waals surface area contributed by atoms with Crippen molar-refractivity contribution < 1.29 is 4.79 Å². The third kappa shape index (κ3) is 5.64. The van der Waals surface area contributed by atoms with Crippen LogP contribution >= 0.6 is 22.9 Å². The highest BCUT2D eigenvalue weighted by Gasteiger charge is 2.11. The summed E-state index contributed by atoms with van der Waals surface area (Å²) in [5.41, 5.74) is 0. The fourth-order valence-corrected chi connectivity index (χ4v) is 2.50. The summed E-state index contributed by atoms with van der Waals surface area (Å²) in [6.45, 7) is 2.44. The second kappa shape index (κ2) is 7.11. The molecule has 0 fully saturated rings. The third-order valence-corrected chi connectivity index (χ3v) is 3.68. The van der Waals surface area contributed by atoms with E-state index in [0.29, 0.717) is 10.9 Å². The van der Waals surface area contributed by atoms with E-state index in [9.17, 15) is 4.79 Å². The van der Waals surface area contributed by atoms with Gasteiger partial charge < -0.3 is 4.90 Å². The van der Waals surface area contributed by atoms with Crippen molar-refractivity contribution in [2.75, 3.05) is 40.8 Å². The molecule has 1 heterocycles. The highest BCUT2D eigenvalue weighted by atomic mass is 35.5.